The number of nitroso groups, excluding NO2 is 1. The Morgan fingerprint density at radius 3 is 1.17 bits per heavy atom. The average Bonchev–Trinajstić information content (AvgIpc) is 3.51. The van der Waals surface area contributed by atoms with E-state index >= 15 is 0 Å². The van der Waals surface area contributed by atoms with E-state index < -0.39 is 7.92 Å². The van der Waals surface area contributed by atoms with Gasteiger partial charge in [-0.25, -0.2) is 5.92 Å². The topological polar surface area (TPSA) is 39.4 Å². The van der Waals surface area contributed by atoms with Gasteiger partial charge in [-0.15, -0.1) is 12.3 Å². The minimum Gasteiger partial charge on any atom is -0.577 e. The summed E-state index contributed by atoms with van der Waals surface area (Å²) in [4.78, 5) is 7.25. The Balaban J connectivity index is 0.000000601. The molecule has 2 nitrogen and oxygen atoms in total. The fourth-order valence-corrected chi connectivity index (χ4v) is 4.93. The molecular formula is C31H21NOPRe-2. The van der Waals surface area contributed by atoms with Crippen LogP contribution < -0.4 is 15.9 Å². The molecule has 0 bridgehead atoms. The van der Waals surface area contributed by atoms with Gasteiger partial charge in [-0.05, 0) is 73.7 Å². The molecule has 0 spiro atoms. The van der Waals surface area contributed by atoms with E-state index in [4.69, 9.17) is 23.3 Å². The van der Waals surface area contributed by atoms with Crippen molar-refractivity contribution in [1.82, 2.24) is 0 Å². The van der Waals surface area contributed by atoms with E-state index in [2.05, 4.69) is 121 Å². The van der Waals surface area contributed by atoms with E-state index in [9.17, 15) is 0 Å². The van der Waals surface area contributed by atoms with E-state index in [0.29, 0.717) is 0 Å². The van der Waals surface area contributed by atoms with E-state index in [-0.39, 0.29) is 20.4 Å². The van der Waals surface area contributed by atoms with Crippen LogP contribution in [-0.2, 0) is 20.4 Å². The maximum atomic E-state index is 7.25. The molecule has 1 aliphatic rings. The molecule has 3 aromatic carbocycles. The standard InChI is InChI=1S/C18H15P.C8H.C5H5.NO.Re/c1-4-10-16(11-5-1)19(17-12-6-2-7-13-17)18-14-8-3-9-15-18;1-3-5-7-8-6-4-2;1-2-4-5-3-1;1-2;/h1-15H;1H;1-5H;;/q;-1;;-1;. The van der Waals surface area contributed by atoms with Crippen molar-refractivity contribution in [3.8, 4) is 41.9 Å². The Kier molecular flexibility index (Phi) is 20.2. The molecular weight excluding hydrogens is 620 g/mol. The summed E-state index contributed by atoms with van der Waals surface area (Å²) in [5.41, 5.74) is 5.75. The predicted molar refractivity (Wildman–Crippen MR) is 145 cm³/mol. The molecule has 3 aromatic rings. The first kappa shape index (κ1) is 31.6. The van der Waals surface area contributed by atoms with Crippen LogP contribution in [0.5, 0.6) is 0 Å². The van der Waals surface area contributed by atoms with Crippen LogP contribution in [0.1, 0.15) is 0 Å². The first-order chi connectivity index (χ1) is 16.9. The van der Waals surface area contributed by atoms with Crippen LogP contribution in [0.4, 0.5) is 0 Å². The Bertz CT molecular complexity index is 1010. The molecule has 0 aliphatic heterocycles. The molecule has 0 heterocycles. The van der Waals surface area contributed by atoms with Gasteiger partial charge in [-0.3, -0.25) is 5.92 Å². The molecule has 0 N–H and O–H groups in total. The van der Waals surface area contributed by atoms with Gasteiger partial charge >= 0.3 is 0 Å². The van der Waals surface area contributed by atoms with Crippen LogP contribution in [0.3, 0.4) is 0 Å². The molecule has 1 fully saturated rings. The molecule has 0 aromatic heterocycles. The molecule has 4 rings (SSSR count). The summed E-state index contributed by atoms with van der Waals surface area (Å²) in [6, 6.07) is 32.3. The van der Waals surface area contributed by atoms with E-state index in [1.165, 1.54) is 15.9 Å². The Labute approximate surface area is 225 Å². The molecule has 4 heteroatoms. The molecule has 6 radical (unpaired) electrons. The van der Waals surface area contributed by atoms with Crippen molar-refractivity contribution in [3.63, 3.8) is 0 Å². The molecule has 0 atom stereocenters. The van der Waals surface area contributed by atoms with Crippen LogP contribution in [-0.4, -0.2) is 0 Å². The van der Waals surface area contributed by atoms with Crippen LogP contribution in [0, 0.1) is 85.4 Å². The maximum absolute atomic E-state index is 7.25. The van der Waals surface area contributed by atoms with Gasteiger partial charge in [0, 0.05) is 20.4 Å². The van der Waals surface area contributed by atoms with Gasteiger partial charge in [0.15, 0.2) is 0 Å². The summed E-state index contributed by atoms with van der Waals surface area (Å²) in [6.07, 6.45) is 21.0. The molecule has 0 unspecified atom stereocenters. The second-order valence-electron chi connectivity index (χ2n) is 6.07. The third kappa shape index (κ3) is 13.8. The average molecular weight is 641 g/mol. The van der Waals surface area contributed by atoms with Crippen molar-refractivity contribution < 1.29 is 20.4 Å². The summed E-state index contributed by atoms with van der Waals surface area (Å²) in [5.74, 6) is 13.0. The maximum Gasteiger partial charge on any atom is 0 e. The van der Waals surface area contributed by atoms with Gasteiger partial charge in [-0.2, -0.15) is 0 Å². The number of benzene rings is 3. The quantitative estimate of drug-likeness (QED) is 0.226. The van der Waals surface area contributed by atoms with Gasteiger partial charge in [0.05, 0.1) is 0 Å². The number of hydrogen-bond donors (Lipinski definition) is 0. The van der Waals surface area contributed by atoms with E-state index in [0.717, 1.165) is 0 Å². The fourth-order valence-electron chi connectivity index (χ4n) is 2.63. The third-order valence-corrected chi connectivity index (χ3v) is 6.36. The fraction of sp³-hybridized carbons (Fsp3) is 0. The second kappa shape index (κ2) is 22.4. The molecule has 35 heavy (non-hydrogen) atoms. The van der Waals surface area contributed by atoms with Gasteiger partial charge in [0.1, 0.15) is 0 Å². The van der Waals surface area contributed by atoms with Crippen molar-refractivity contribution in [2.75, 3.05) is 0 Å². The Morgan fingerprint density at radius 2 is 0.886 bits per heavy atom. The predicted octanol–water partition coefficient (Wildman–Crippen LogP) is 5.00. The third-order valence-electron chi connectivity index (χ3n) is 3.92. The first-order valence-corrected chi connectivity index (χ1v) is 11.4. The molecule has 0 amide bonds. The SMILES string of the molecule is [C-]#CC#CC#CC#C.[CH]1[CH][CH][CH][CH]1.[N-]=O.[Re].c1ccc(P(c2ccccc2)c2ccccc2)cc1. The van der Waals surface area contributed by atoms with E-state index in [1.54, 1.807) is 0 Å². The number of terminal acetylenes is 1. The summed E-state index contributed by atoms with van der Waals surface area (Å²) in [5, 5.41) is 4.19. The van der Waals surface area contributed by atoms with Gasteiger partial charge in [-0.1, -0.05) is 91.0 Å². The second-order valence-corrected chi connectivity index (χ2v) is 8.29. The van der Waals surface area contributed by atoms with Crippen molar-refractivity contribution in [3.05, 3.63) is 140 Å². The first-order valence-electron chi connectivity index (χ1n) is 10.0. The molecule has 170 valence electrons. The zero-order valence-electron chi connectivity index (χ0n) is 18.8. The van der Waals surface area contributed by atoms with Crippen molar-refractivity contribution >= 4 is 23.8 Å². The summed E-state index contributed by atoms with van der Waals surface area (Å²) < 4.78 is 0. The van der Waals surface area contributed by atoms with Crippen LogP contribution in [0.25, 0.3) is 5.59 Å². The monoisotopic (exact) mass is 641 g/mol. The van der Waals surface area contributed by atoms with Crippen LogP contribution >= 0.6 is 7.92 Å². The zero-order valence-corrected chi connectivity index (χ0v) is 22.4. The summed E-state index contributed by atoms with van der Waals surface area (Å²) >= 11 is 0. The number of nitrogens with zero attached hydrogens (tertiary/aromatic N) is 1. The largest absolute Gasteiger partial charge is 0.577 e. The molecule has 1 saturated carbocycles. The minimum atomic E-state index is -0.446. The number of rotatable bonds is 3. The van der Waals surface area contributed by atoms with Crippen molar-refractivity contribution in [2.24, 2.45) is 0 Å². The Morgan fingerprint density at radius 1 is 0.571 bits per heavy atom. The van der Waals surface area contributed by atoms with Gasteiger partial charge < -0.3 is 16.9 Å². The Hall–Kier alpha value is -3.41. The summed E-state index contributed by atoms with van der Waals surface area (Å²) in [6.45, 7) is 0. The van der Waals surface area contributed by atoms with Crippen LogP contribution in [0.2, 0.25) is 0 Å². The van der Waals surface area contributed by atoms with Gasteiger partial charge in [0.2, 0.25) is 0 Å². The normalized spacial score (nSPS) is 10.0. The molecule has 1 aliphatic carbocycles. The summed E-state index contributed by atoms with van der Waals surface area (Å²) in [7, 11) is -0.446. The molecule has 0 saturated heterocycles. The van der Waals surface area contributed by atoms with Crippen LogP contribution in [0.15, 0.2) is 91.0 Å². The van der Waals surface area contributed by atoms with Crippen molar-refractivity contribution in [2.45, 2.75) is 0 Å². The number of hydrogen-bond acceptors (Lipinski definition) is 1. The smallest absolute Gasteiger partial charge is 0 e. The van der Waals surface area contributed by atoms with E-state index in [1.807, 2.05) is 38.0 Å². The minimum absolute atomic E-state index is 0. The van der Waals surface area contributed by atoms with Gasteiger partial charge in [0.25, 0.3) is 0 Å². The van der Waals surface area contributed by atoms with Crippen molar-refractivity contribution in [1.29, 1.82) is 0 Å². The zero-order chi connectivity index (χ0) is 24.7.